The number of nitrogens with two attached hydrogens (primary N) is 1. The van der Waals surface area contributed by atoms with Gasteiger partial charge in [0.05, 0.1) is 53.6 Å². The number of aromatic nitrogens is 5. The summed E-state index contributed by atoms with van der Waals surface area (Å²) in [7, 11) is 1.55. The molecule has 0 spiro atoms. The number of nitrogen functional groups attached to an aromatic ring is 1. The lowest BCUT2D eigenvalue weighted by atomic mass is 9.84. The fraction of sp³-hybridized carbons (Fsp3) is 0.259. The third kappa shape index (κ3) is 4.04. The van der Waals surface area contributed by atoms with E-state index in [1.165, 1.54) is 23.5 Å². The molecule has 0 radical (unpaired) electrons. The monoisotopic (exact) mass is 553 g/mol. The minimum atomic E-state index is -4.63. The van der Waals surface area contributed by atoms with Crippen molar-refractivity contribution in [2.75, 3.05) is 19.4 Å². The second-order valence-electron chi connectivity index (χ2n) is 10.2. The lowest BCUT2D eigenvalue weighted by Crippen LogP contribution is -2.41. The van der Waals surface area contributed by atoms with Crippen LogP contribution in [-0.4, -0.2) is 48.6 Å². The average Bonchev–Trinajstić information content (AvgIpc) is 3.59. The Labute approximate surface area is 224 Å². The van der Waals surface area contributed by atoms with E-state index >= 15 is 4.39 Å². The fourth-order valence-electron chi connectivity index (χ4n) is 5.13. The molecule has 40 heavy (non-hydrogen) atoms. The van der Waals surface area contributed by atoms with Crippen LogP contribution < -0.4 is 5.73 Å². The number of halogens is 4. The predicted octanol–water partition coefficient (Wildman–Crippen LogP) is 5.02. The van der Waals surface area contributed by atoms with E-state index in [2.05, 4.69) is 15.1 Å². The highest BCUT2D eigenvalue weighted by molar-refractivity contribution is 5.98. The van der Waals surface area contributed by atoms with Crippen molar-refractivity contribution in [1.82, 2.24) is 29.0 Å². The molecule has 4 heterocycles. The molecule has 2 aromatic carbocycles. The normalized spacial score (nSPS) is 16.8. The van der Waals surface area contributed by atoms with Crippen molar-refractivity contribution >= 4 is 28.3 Å². The van der Waals surface area contributed by atoms with Crippen LogP contribution in [0.15, 0.2) is 55.2 Å². The van der Waals surface area contributed by atoms with Crippen LogP contribution in [0.2, 0.25) is 0 Å². The van der Waals surface area contributed by atoms with Crippen LogP contribution in [0, 0.1) is 5.82 Å². The van der Waals surface area contributed by atoms with Crippen LogP contribution in [0.1, 0.15) is 41.4 Å². The number of ether oxygens (including phenoxy) is 1. The topological polar surface area (TPSA) is 104 Å². The Kier molecular flexibility index (Phi) is 5.63. The first kappa shape index (κ1) is 25.7. The van der Waals surface area contributed by atoms with Crippen molar-refractivity contribution in [3.05, 3.63) is 77.8 Å². The Morgan fingerprint density at radius 3 is 2.65 bits per heavy atom. The molecule has 9 nitrogen and oxygen atoms in total. The molecule has 1 atom stereocenters. The van der Waals surface area contributed by atoms with Gasteiger partial charge in [-0.3, -0.25) is 9.20 Å². The molecule has 1 amide bonds. The number of imidazole rings is 1. The van der Waals surface area contributed by atoms with Gasteiger partial charge in [0.2, 0.25) is 0 Å². The van der Waals surface area contributed by atoms with Crippen LogP contribution in [0.3, 0.4) is 0 Å². The zero-order valence-electron chi connectivity index (χ0n) is 21.6. The maximum atomic E-state index is 15.2. The van der Waals surface area contributed by atoms with E-state index in [0.717, 1.165) is 24.0 Å². The number of carbonyl (C=O) groups is 1. The van der Waals surface area contributed by atoms with Gasteiger partial charge in [-0.1, -0.05) is 12.1 Å². The Hall–Kier alpha value is -4.52. The van der Waals surface area contributed by atoms with Crippen LogP contribution in [0.5, 0.6) is 0 Å². The highest BCUT2D eigenvalue weighted by Crippen LogP contribution is 2.41. The van der Waals surface area contributed by atoms with Crippen molar-refractivity contribution in [3.8, 4) is 11.1 Å². The lowest BCUT2D eigenvalue weighted by molar-refractivity contribution is -0.212. The van der Waals surface area contributed by atoms with Gasteiger partial charge >= 0.3 is 6.30 Å². The summed E-state index contributed by atoms with van der Waals surface area (Å²) < 4.78 is 62.1. The number of likely N-dealkylation sites (N-methyl/N-ethyl adjacent to an activating group) is 1. The molecular weight excluding hydrogens is 530 g/mol. The zero-order chi connectivity index (χ0) is 28.6. The van der Waals surface area contributed by atoms with Gasteiger partial charge in [-0.2, -0.15) is 9.78 Å². The number of alkyl halides is 3. The summed E-state index contributed by atoms with van der Waals surface area (Å²) in [6, 6.07) is 7.16. The highest BCUT2D eigenvalue weighted by atomic mass is 19.4. The first-order valence-corrected chi connectivity index (χ1v) is 12.2. The number of hydrogen-bond acceptors (Lipinski definition) is 6. The number of anilines is 1. The molecule has 1 aliphatic rings. The number of hydrogen-bond donors (Lipinski definition) is 1. The number of rotatable bonds is 3. The molecule has 0 fully saturated rings. The predicted molar refractivity (Wildman–Crippen MR) is 138 cm³/mol. The van der Waals surface area contributed by atoms with E-state index in [1.807, 2.05) is 13.8 Å². The third-order valence-electron chi connectivity index (χ3n) is 7.32. The summed E-state index contributed by atoms with van der Waals surface area (Å²) in [6.45, 7) is 3.81. The molecule has 6 rings (SSSR count). The van der Waals surface area contributed by atoms with Gasteiger partial charge in [0, 0.05) is 24.9 Å². The standard InChI is InChI=1S/C27H23F4N7O2/c1-26(2)18-6-14(15-9-34-38(11-15)27(29,30)31)4-5-16(18)23(12-40-26)36(3)25(39)17-7-21-20(8-19(17)28)35-24(32)22-10-33-13-37(21)22/h4-11,13,23H,12H2,1-3H3,(H2,32,35)/t23-/m1/s1. The summed E-state index contributed by atoms with van der Waals surface area (Å²) in [5.74, 6) is -1.16. The minimum Gasteiger partial charge on any atom is -0.382 e. The second-order valence-corrected chi connectivity index (χ2v) is 10.2. The van der Waals surface area contributed by atoms with Gasteiger partial charge in [-0.25, -0.2) is 14.4 Å². The van der Waals surface area contributed by atoms with E-state index < -0.39 is 29.7 Å². The van der Waals surface area contributed by atoms with Gasteiger partial charge in [-0.15, -0.1) is 13.2 Å². The smallest absolute Gasteiger partial charge is 0.382 e. The number of amides is 1. The van der Waals surface area contributed by atoms with Gasteiger partial charge in [0.25, 0.3) is 5.91 Å². The average molecular weight is 554 g/mol. The highest BCUT2D eigenvalue weighted by Gasteiger charge is 2.38. The van der Waals surface area contributed by atoms with Crippen molar-refractivity contribution in [3.63, 3.8) is 0 Å². The van der Waals surface area contributed by atoms with Crippen molar-refractivity contribution in [1.29, 1.82) is 0 Å². The first-order valence-electron chi connectivity index (χ1n) is 12.2. The maximum Gasteiger partial charge on any atom is 0.504 e. The number of benzene rings is 2. The fourth-order valence-corrected chi connectivity index (χ4v) is 5.13. The molecule has 5 aromatic rings. The molecule has 206 valence electrons. The van der Waals surface area contributed by atoms with E-state index in [-0.39, 0.29) is 33.8 Å². The van der Waals surface area contributed by atoms with Crippen LogP contribution in [0.25, 0.3) is 27.7 Å². The molecule has 0 bridgehead atoms. The second kappa shape index (κ2) is 8.74. The van der Waals surface area contributed by atoms with Crippen LogP contribution in [0.4, 0.5) is 23.4 Å². The maximum absolute atomic E-state index is 15.2. The molecule has 0 aliphatic carbocycles. The summed E-state index contributed by atoms with van der Waals surface area (Å²) in [4.78, 5) is 23.4. The molecule has 3 aromatic heterocycles. The third-order valence-corrected chi connectivity index (χ3v) is 7.32. The van der Waals surface area contributed by atoms with Crippen LogP contribution in [-0.2, 0) is 16.6 Å². The molecule has 13 heteroatoms. The van der Waals surface area contributed by atoms with Gasteiger partial charge in [-0.05, 0) is 42.7 Å². The van der Waals surface area contributed by atoms with Crippen molar-refractivity contribution < 1.29 is 27.1 Å². The number of carbonyl (C=O) groups excluding carboxylic acids is 1. The SMILES string of the molecule is CN(C(=O)c1cc2c(cc1F)nc(N)c1cncn12)[C@@H]1COC(C)(C)c2cc(-c3cnn(C(F)(F)F)c3)ccc21. The summed E-state index contributed by atoms with van der Waals surface area (Å²) in [5.41, 5.74) is 8.49. The first-order chi connectivity index (χ1) is 18.8. The largest absolute Gasteiger partial charge is 0.504 e. The molecule has 1 aliphatic heterocycles. The number of nitrogens with zero attached hydrogens (tertiary/aromatic N) is 6. The minimum absolute atomic E-state index is 0.0573. The number of fused-ring (bicyclic) bond motifs is 4. The molecule has 2 N–H and O–H groups in total. The van der Waals surface area contributed by atoms with Gasteiger partial charge in [0.1, 0.15) is 17.2 Å². The molecule has 0 saturated carbocycles. The Morgan fingerprint density at radius 2 is 1.93 bits per heavy atom. The summed E-state index contributed by atoms with van der Waals surface area (Å²) >= 11 is 0. The molecular formula is C27H23F4N7O2. The molecule has 0 saturated heterocycles. The van der Waals surface area contributed by atoms with E-state index in [9.17, 15) is 18.0 Å². The zero-order valence-corrected chi connectivity index (χ0v) is 21.6. The Bertz CT molecular complexity index is 1810. The Balaban J connectivity index is 1.38. The quantitative estimate of drug-likeness (QED) is 0.315. The molecule has 0 unspecified atom stereocenters. The van der Waals surface area contributed by atoms with E-state index in [4.69, 9.17) is 10.5 Å². The lowest BCUT2D eigenvalue weighted by Gasteiger charge is -2.41. The van der Waals surface area contributed by atoms with E-state index in [0.29, 0.717) is 22.2 Å². The Morgan fingerprint density at radius 1 is 1.15 bits per heavy atom. The van der Waals surface area contributed by atoms with Gasteiger partial charge in [0.15, 0.2) is 0 Å². The summed E-state index contributed by atoms with van der Waals surface area (Å²) in [5, 5.41) is 3.42. The van der Waals surface area contributed by atoms with E-state index in [1.54, 1.807) is 29.6 Å². The van der Waals surface area contributed by atoms with Crippen molar-refractivity contribution in [2.45, 2.75) is 31.8 Å². The van der Waals surface area contributed by atoms with Crippen molar-refractivity contribution in [2.24, 2.45) is 0 Å². The van der Waals surface area contributed by atoms with Crippen LogP contribution >= 0.6 is 0 Å². The van der Waals surface area contributed by atoms with Gasteiger partial charge < -0.3 is 15.4 Å². The summed E-state index contributed by atoms with van der Waals surface area (Å²) in [6.07, 6.45) is 0.455.